The van der Waals surface area contributed by atoms with Crippen LogP contribution in [0.4, 0.5) is 0 Å². The van der Waals surface area contributed by atoms with E-state index in [1.807, 2.05) is 30.7 Å². The van der Waals surface area contributed by atoms with Crippen LogP contribution in [-0.4, -0.2) is 34.8 Å². The number of aromatic nitrogens is 2. The number of carbonyl (C=O) groups is 1. The van der Waals surface area contributed by atoms with Crippen molar-refractivity contribution in [3.8, 4) is 0 Å². The molecule has 0 spiro atoms. The molecule has 5 heteroatoms. The molecule has 0 amide bonds. The fourth-order valence-electron chi connectivity index (χ4n) is 1.82. The van der Waals surface area contributed by atoms with E-state index in [2.05, 4.69) is 4.98 Å². The summed E-state index contributed by atoms with van der Waals surface area (Å²) in [6.45, 7) is 1.89. The largest absolute Gasteiger partial charge is 0.478 e. The Morgan fingerprint density at radius 3 is 2.69 bits per heavy atom. The van der Waals surface area contributed by atoms with Gasteiger partial charge in [-0.2, -0.15) is 0 Å². The minimum atomic E-state index is -0.925. The van der Waals surface area contributed by atoms with Crippen LogP contribution in [0.3, 0.4) is 0 Å². The number of hydrogen-bond donors (Lipinski definition) is 1. The van der Waals surface area contributed by atoms with Gasteiger partial charge in [0, 0.05) is 14.1 Å². The molecule has 1 heterocycles. The summed E-state index contributed by atoms with van der Waals surface area (Å²) in [5.74, 6) is -0.0893. The Labute approximate surface area is 92.9 Å². The van der Waals surface area contributed by atoms with Crippen LogP contribution >= 0.6 is 0 Å². The summed E-state index contributed by atoms with van der Waals surface area (Å²) in [4.78, 5) is 15.3. The second-order valence-electron chi connectivity index (χ2n) is 3.83. The van der Waals surface area contributed by atoms with Crippen molar-refractivity contribution in [2.75, 3.05) is 19.1 Å². The topological polar surface area (TPSA) is 58.4 Å². The lowest BCUT2D eigenvalue weighted by atomic mass is 10.2. The number of benzene rings is 1. The lowest BCUT2D eigenvalue weighted by Gasteiger charge is -2.16. The van der Waals surface area contributed by atoms with E-state index in [-0.39, 0.29) is 5.56 Å². The summed E-state index contributed by atoms with van der Waals surface area (Å²) in [5.41, 5.74) is 1.88. The second kappa shape index (κ2) is 3.52. The maximum atomic E-state index is 10.9. The van der Waals surface area contributed by atoms with Gasteiger partial charge in [-0.15, -0.1) is 0 Å². The van der Waals surface area contributed by atoms with Gasteiger partial charge < -0.3 is 10.1 Å². The quantitative estimate of drug-likeness (QED) is 0.825. The van der Waals surface area contributed by atoms with Crippen molar-refractivity contribution >= 4 is 17.0 Å². The van der Waals surface area contributed by atoms with Crippen molar-refractivity contribution in [2.24, 2.45) is 0 Å². The lowest BCUT2D eigenvalue weighted by molar-refractivity contribution is 0.0697. The predicted molar refractivity (Wildman–Crippen MR) is 61.5 cm³/mol. The molecule has 0 saturated carbocycles. The zero-order valence-electron chi connectivity index (χ0n) is 9.43. The van der Waals surface area contributed by atoms with Crippen molar-refractivity contribution in [1.29, 1.82) is 0 Å². The third-order valence-corrected chi connectivity index (χ3v) is 2.44. The number of nitrogens with zero attached hydrogens (tertiary/aromatic N) is 3. The first-order chi connectivity index (χ1) is 7.50. The van der Waals surface area contributed by atoms with Gasteiger partial charge in [0.1, 0.15) is 5.82 Å². The Kier molecular flexibility index (Phi) is 2.30. The van der Waals surface area contributed by atoms with Gasteiger partial charge in [0.15, 0.2) is 0 Å². The summed E-state index contributed by atoms with van der Waals surface area (Å²) in [5, 5.41) is 10.8. The van der Waals surface area contributed by atoms with E-state index < -0.39 is 5.97 Å². The van der Waals surface area contributed by atoms with E-state index in [9.17, 15) is 4.79 Å². The number of aryl methyl sites for hydroxylation is 1. The maximum absolute atomic E-state index is 10.9. The normalized spacial score (nSPS) is 10.7. The molecule has 0 unspecified atom stereocenters. The van der Waals surface area contributed by atoms with Gasteiger partial charge in [-0.25, -0.2) is 14.5 Å². The summed E-state index contributed by atoms with van der Waals surface area (Å²) < 4.78 is 1.88. The molecule has 2 aromatic rings. The Morgan fingerprint density at radius 2 is 2.12 bits per heavy atom. The fraction of sp³-hybridized carbons (Fsp3) is 0.273. The monoisotopic (exact) mass is 219 g/mol. The summed E-state index contributed by atoms with van der Waals surface area (Å²) in [7, 11) is 3.78. The van der Waals surface area contributed by atoms with Crippen LogP contribution in [0.2, 0.25) is 0 Å². The molecule has 0 bridgehead atoms. The highest BCUT2D eigenvalue weighted by molar-refractivity contribution is 5.92. The smallest absolute Gasteiger partial charge is 0.335 e. The molecule has 1 aromatic heterocycles. The number of fused-ring (bicyclic) bond motifs is 1. The number of imidazole rings is 1. The number of aromatic carboxylic acids is 1. The molecular formula is C11H13N3O2. The SMILES string of the molecule is Cc1nc2ccc(C(=O)O)cc2n1N(C)C. The third-order valence-electron chi connectivity index (χ3n) is 2.44. The molecular weight excluding hydrogens is 206 g/mol. The second-order valence-corrected chi connectivity index (χ2v) is 3.83. The predicted octanol–water partition coefficient (Wildman–Crippen LogP) is 1.24. The van der Waals surface area contributed by atoms with Crippen molar-refractivity contribution in [3.05, 3.63) is 29.6 Å². The Morgan fingerprint density at radius 1 is 1.44 bits per heavy atom. The van der Waals surface area contributed by atoms with E-state index in [0.717, 1.165) is 16.9 Å². The van der Waals surface area contributed by atoms with Crippen molar-refractivity contribution in [3.63, 3.8) is 0 Å². The van der Waals surface area contributed by atoms with E-state index in [4.69, 9.17) is 5.11 Å². The highest BCUT2D eigenvalue weighted by atomic mass is 16.4. The number of carboxylic acid groups (broad SMARTS) is 1. The van der Waals surface area contributed by atoms with Gasteiger partial charge in [-0.3, -0.25) is 0 Å². The van der Waals surface area contributed by atoms with E-state index in [0.29, 0.717) is 0 Å². The van der Waals surface area contributed by atoms with Gasteiger partial charge >= 0.3 is 5.97 Å². The lowest BCUT2D eigenvalue weighted by Crippen LogP contribution is -2.25. The molecule has 1 N–H and O–H groups in total. The van der Waals surface area contributed by atoms with Crippen LogP contribution in [0, 0.1) is 6.92 Å². The van der Waals surface area contributed by atoms with Crippen molar-refractivity contribution in [1.82, 2.24) is 9.66 Å². The van der Waals surface area contributed by atoms with E-state index >= 15 is 0 Å². The Balaban J connectivity index is 2.74. The van der Waals surface area contributed by atoms with Crippen LogP contribution in [0.5, 0.6) is 0 Å². The van der Waals surface area contributed by atoms with Crippen LogP contribution in [0.15, 0.2) is 18.2 Å². The molecule has 0 atom stereocenters. The minimum Gasteiger partial charge on any atom is -0.478 e. The average Bonchev–Trinajstić information content (AvgIpc) is 2.51. The third kappa shape index (κ3) is 1.50. The highest BCUT2D eigenvalue weighted by Crippen LogP contribution is 2.17. The van der Waals surface area contributed by atoms with Crippen LogP contribution in [0.25, 0.3) is 11.0 Å². The van der Waals surface area contributed by atoms with Gasteiger partial charge in [0.25, 0.3) is 0 Å². The van der Waals surface area contributed by atoms with Gasteiger partial charge in [-0.1, -0.05) is 0 Å². The van der Waals surface area contributed by atoms with Gasteiger partial charge in [0.2, 0.25) is 0 Å². The summed E-state index contributed by atoms with van der Waals surface area (Å²) >= 11 is 0. The number of rotatable bonds is 2. The first-order valence-electron chi connectivity index (χ1n) is 4.90. The standard InChI is InChI=1S/C11H13N3O2/c1-7-12-9-5-4-8(11(15)16)6-10(9)14(7)13(2)3/h4-6H,1-3H3,(H,15,16). The van der Waals surface area contributed by atoms with Gasteiger partial charge in [0.05, 0.1) is 16.6 Å². The van der Waals surface area contributed by atoms with E-state index in [1.54, 1.807) is 18.2 Å². The molecule has 0 fully saturated rings. The van der Waals surface area contributed by atoms with Crippen LogP contribution in [-0.2, 0) is 0 Å². The summed E-state index contributed by atoms with van der Waals surface area (Å²) in [6.07, 6.45) is 0. The average molecular weight is 219 g/mol. The van der Waals surface area contributed by atoms with E-state index in [1.165, 1.54) is 0 Å². The minimum absolute atomic E-state index is 0.274. The molecule has 0 saturated heterocycles. The summed E-state index contributed by atoms with van der Waals surface area (Å²) in [6, 6.07) is 4.93. The fourth-order valence-corrected chi connectivity index (χ4v) is 1.82. The number of hydrogen-bond acceptors (Lipinski definition) is 3. The van der Waals surface area contributed by atoms with Crippen molar-refractivity contribution < 1.29 is 9.90 Å². The molecule has 2 rings (SSSR count). The Bertz CT molecular complexity index is 558. The first kappa shape index (κ1) is 10.5. The molecule has 0 radical (unpaired) electrons. The zero-order valence-corrected chi connectivity index (χ0v) is 9.43. The molecule has 0 aliphatic carbocycles. The van der Waals surface area contributed by atoms with Gasteiger partial charge in [-0.05, 0) is 25.1 Å². The van der Waals surface area contributed by atoms with Crippen LogP contribution in [0.1, 0.15) is 16.2 Å². The highest BCUT2D eigenvalue weighted by Gasteiger charge is 2.11. The zero-order chi connectivity index (χ0) is 11.9. The molecule has 0 aliphatic rings. The molecule has 5 nitrogen and oxygen atoms in total. The number of carboxylic acids is 1. The molecule has 0 aliphatic heterocycles. The molecule has 84 valence electrons. The maximum Gasteiger partial charge on any atom is 0.335 e. The van der Waals surface area contributed by atoms with Crippen molar-refractivity contribution in [2.45, 2.75) is 6.92 Å². The molecule has 16 heavy (non-hydrogen) atoms. The van der Waals surface area contributed by atoms with Crippen LogP contribution < -0.4 is 5.01 Å². The first-order valence-corrected chi connectivity index (χ1v) is 4.90. The Hall–Kier alpha value is -2.04. The molecule has 1 aromatic carbocycles.